The first-order valence-corrected chi connectivity index (χ1v) is 43.0. The van der Waals surface area contributed by atoms with Crippen LogP contribution < -0.4 is 5.46 Å². The largest absolute Gasteiger partial charge is 0.494 e. The van der Waals surface area contributed by atoms with Crippen molar-refractivity contribution in [1.29, 1.82) is 0 Å². The van der Waals surface area contributed by atoms with Gasteiger partial charge >= 0.3 is 21.1 Å². The van der Waals surface area contributed by atoms with Crippen LogP contribution in [0.2, 0.25) is 0 Å². The Kier molecular flexibility index (Phi) is 23.7. The third kappa shape index (κ3) is 18.4. The number of nitrogens with zero attached hydrogens (tertiary/aromatic N) is 6. The Morgan fingerprint density at radius 3 is 0.629 bits per heavy atom. The van der Waals surface area contributed by atoms with Crippen molar-refractivity contribution in [3.05, 3.63) is 368 Å². The lowest BCUT2D eigenvalue weighted by Crippen LogP contribution is -2.41. The topological polar surface area (TPSA) is 133 Å². The molecule has 2 aromatic heterocycles. The molecule has 0 saturated carbocycles. The van der Waals surface area contributed by atoms with Crippen molar-refractivity contribution >= 4 is 42.5 Å². The zero-order valence-electron chi connectivity index (χ0n) is 71.9. The molecule has 0 aliphatic carbocycles. The van der Waals surface area contributed by atoms with Gasteiger partial charge in [0.05, 0.1) is 33.6 Å². The third-order valence-corrected chi connectivity index (χ3v) is 25.1. The fourth-order valence-electron chi connectivity index (χ4n) is 15.2. The Balaban J connectivity index is 0.000000147. The Morgan fingerprint density at radius 1 is 0.177 bits per heavy atom. The number of hydrogen-bond donors (Lipinski definition) is 0. The van der Waals surface area contributed by atoms with E-state index in [0.717, 1.165) is 99.0 Å². The Labute approximate surface area is 737 Å². The summed E-state index contributed by atoms with van der Waals surface area (Å²) >= 11 is 3.59. The first kappa shape index (κ1) is 83.8. The van der Waals surface area contributed by atoms with Gasteiger partial charge in [0.2, 0.25) is 0 Å². The quantitative estimate of drug-likeness (QED) is 0.0853. The third-order valence-electron chi connectivity index (χ3n) is 24.6. The summed E-state index contributed by atoms with van der Waals surface area (Å²) < 4.78 is 37.6. The molecule has 0 atom stereocenters. The molecule has 3 aliphatic heterocycles. The zero-order chi connectivity index (χ0) is 86.0. The summed E-state index contributed by atoms with van der Waals surface area (Å²) in [5.41, 5.74) is 22.6. The second kappa shape index (κ2) is 35.0. The van der Waals surface area contributed by atoms with Gasteiger partial charge in [-0.15, -0.1) is 0 Å². The van der Waals surface area contributed by atoms with Crippen LogP contribution in [0.1, 0.15) is 83.1 Å². The minimum Gasteiger partial charge on any atom is -0.405 e. The lowest BCUT2D eigenvalue weighted by Gasteiger charge is -2.32. The summed E-state index contributed by atoms with van der Waals surface area (Å²) in [7, 11) is -1.36. The molecule has 0 unspecified atom stereocenters. The van der Waals surface area contributed by atoms with Crippen LogP contribution in [0.25, 0.3) is 157 Å². The van der Waals surface area contributed by atoms with Crippen molar-refractivity contribution in [3.8, 4) is 157 Å². The molecule has 0 N–H and O–H groups in total. The van der Waals surface area contributed by atoms with Crippen LogP contribution in [-0.4, -0.2) is 84.6 Å². The van der Waals surface area contributed by atoms with E-state index in [1.807, 2.05) is 85.7 Å². The normalized spacial score (nSPS) is 15.6. The average Bonchev–Trinajstić information content (AvgIpc) is 1.61. The van der Waals surface area contributed by atoms with E-state index >= 15 is 0 Å². The number of benzene rings is 14. The fraction of sp³-hybridized carbons (Fsp3) is 0.167. The summed E-state index contributed by atoms with van der Waals surface area (Å²) in [4.78, 5) is 30.3. The molecule has 3 saturated heterocycles. The van der Waals surface area contributed by atoms with Crippen molar-refractivity contribution in [1.82, 2.24) is 29.9 Å². The van der Waals surface area contributed by atoms with Crippen molar-refractivity contribution in [3.63, 3.8) is 0 Å². The highest BCUT2D eigenvalue weighted by Gasteiger charge is 2.64. The van der Waals surface area contributed by atoms with E-state index < -0.39 is 32.3 Å². The van der Waals surface area contributed by atoms with E-state index in [9.17, 15) is 0 Å². The van der Waals surface area contributed by atoms with Gasteiger partial charge in [-0.1, -0.05) is 356 Å². The highest BCUT2D eigenvalue weighted by Crippen LogP contribution is 2.45. The van der Waals surface area contributed by atoms with Crippen LogP contribution in [0.15, 0.2) is 368 Å². The van der Waals surface area contributed by atoms with Crippen LogP contribution in [0, 0.1) is 0 Å². The predicted molar refractivity (Wildman–Crippen MR) is 511 cm³/mol. The predicted octanol–water partition coefficient (Wildman–Crippen LogP) is 26.4. The minimum atomic E-state index is -0.476. The molecule has 0 spiro atoms. The summed E-state index contributed by atoms with van der Waals surface area (Å²) in [6.45, 7) is 24.5. The smallest absolute Gasteiger partial charge is 0.405 e. The van der Waals surface area contributed by atoms with Gasteiger partial charge in [-0.2, -0.15) is 0 Å². The van der Waals surface area contributed by atoms with Crippen LogP contribution in [0.5, 0.6) is 0 Å². The summed E-state index contributed by atoms with van der Waals surface area (Å²) in [5, 5.41) is 0. The number of aromatic nitrogens is 6. The molecule has 16 aromatic rings. The first-order valence-electron chi connectivity index (χ1n) is 42.2. The molecule has 14 aromatic carbocycles. The molecule has 0 radical (unpaired) electrons. The molecule has 124 heavy (non-hydrogen) atoms. The van der Waals surface area contributed by atoms with Gasteiger partial charge in [0.1, 0.15) is 0 Å². The molecule has 12 nitrogen and oxygen atoms in total. The average molecular weight is 1690 g/mol. The molecule has 0 amide bonds. The molecule has 5 heterocycles. The minimum absolute atomic E-state index is 0.360. The summed E-state index contributed by atoms with van der Waals surface area (Å²) in [6.07, 6.45) is 0. The van der Waals surface area contributed by atoms with Crippen molar-refractivity contribution in [2.24, 2.45) is 0 Å². The van der Waals surface area contributed by atoms with Gasteiger partial charge in [-0.3, -0.25) is 0 Å². The van der Waals surface area contributed by atoms with Crippen LogP contribution >= 0.6 is 15.9 Å². The van der Waals surface area contributed by atoms with Crippen LogP contribution in [0.4, 0.5) is 0 Å². The van der Waals surface area contributed by atoms with Crippen molar-refractivity contribution in [2.75, 3.05) is 0 Å². The lowest BCUT2D eigenvalue weighted by molar-refractivity contribution is 0.00578. The maximum absolute atomic E-state index is 6.34. The van der Waals surface area contributed by atoms with Gasteiger partial charge in [0.15, 0.2) is 34.9 Å². The Morgan fingerprint density at radius 2 is 0.363 bits per heavy atom. The standard InChI is InChI=1S/C51H42BN3O2.C45H30BrN3.C12H24B2O4/c1-50(2)51(3,4)57-52(56-50)46-20-12-18-44(34-46)40-23-21-39(22-24-40)43-17-11-19-45(33-43)49-54-47(41-29-25-37(26-30-41)35-13-7-5-8-14-35)53-48(55-49)42-31-27-38(28-32-42)36-15-9-6-10-16-36;46-42-16-8-14-40(30-42)36-19-17-35(18-20-36)39-13-7-15-41(29-39)45-48-43(37-25-21-33(22-26-37)31-9-3-1-4-10-31)47-44(49-45)38-27-23-34(24-28-38)32-11-5-2-6-12-32;1-9(2)10(3,4)16-13(15-9)14-17-11(5,6)12(7,8)18-14/h5-34H,1-4H3;1-30H;1-8H3. The fourth-order valence-corrected chi connectivity index (χ4v) is 15.6. The lowest BCUT2D eigenvalue weighted by atomic mass is 9.49. The highest BCUT2D eigenvalue weighted by atomic mass is 79.9. The maximum Gasteiger partial charge on any atom is 0.494 e. The molecule has 3 fully saturated rings. The Bertz CT molecular complexity index is 6150. The monoisotopic (exact) mass is 1680 g/mol. The molecular weight excluding hydrogens is 1590 g/mol. The van der Waals surface area contributed by atoms with Crippen molar-refractivity contribution < 1.29 is 27.9 Å². The maximum atomic E-state index is 6.34. The molecule has 0 bridgehead atoms. The number of rotatable bonds is 16. The molecule has 610 valence electrons. The highest BCUT2D eigenvalue weighted by molar-refractivity contribution is 9.10. The second-order valence-electron chi connectivity index (χ2n) is 34.7. The molecular formula is C108H96B3BrN6O6. The van der Waals surface area contributed by atoms with E-state index in [2.05, 4.69) is 377 Å². The Hall–Kier alpha value is -12.5. The van der Waals surface area contributed by atoms with E-state index in [4.69, 9.17) is 57.8 Å². The zero-order valence-corrected chi connectivity index (χ0v) is 73.5. The van der Waals surface area contributed by atoms with Gasteiger partial charge < -0.3 is 27.9 Å². The molecule has 16 heteroatoms. The van der Waals surface area contributed by atoms with E-state index in [1.165, 1.54) is 33.4 Å². The summed E-state index contributed by atoms with van der Waals surface area (Å²) in [6, 6.07) is 126. The van der Waals surface area contributed by atoms with Gasteiger partial charge in [-0.25, -0.2) is 29.9 Å². The van der Waals surface area contributed by atoms with E-state index in [0.29, 0.717) is 34.9 Å². The SMILES string of the molecule is Brc1cccc(-c2ccc(-c3cccc(-c4nc(-c5ccc(-c6ccccc6)cc5)nc(-c5ccc(-c6ccccc6)cc5)n4)c3)cc2)c1.CC1(C)OB(B2OC(C)(C)C(C)(C)O2)OC1(C)C.CC1(C)OB(c2cccc(-c3ccc(-c4cccc(-c5nc(-c6ccc(-c7ccccc7)cc6)nc(-c6ccc(-c7ccccc7)cc6)n5)c4)cc3)c2)OC1(C)C. The second-order valence-corrected chi connectivity index (χ2v) is 35.6. The van der Waals surface area contributed by atoms with E-state index in [1.54, 1.807) is 0 Å². The van der Waals surface area contributed by atoms with E-state index in [-0.39, 0.29) is 22.4 Å². The molecule has 3 aliphatic rings. The van der Waals surface area contributed by atoms with Gasteiger partial charge in [0.25, 0.3) is 0 Å². The first-order chi connectivity index (χ1) is 59.7. The van der Waals surface area contributed by atoms with Crippen LogP contribution in [0.3, 0.4) is 0 Å². The number of hydrogen-bond acceptors (Lipinski definition) is 12. The van der Waals surface area contributed by atoms with Gasteiger partial charge in [-0.05, 0) is 202 Å². The summed E-state index contributed by atoms with van der Waals surface area (Å²) in [5.74, 6) is 3.77. The molecule has 19 rings (SSSR count). The number of halogens is 1. The van der Waals surface area contributed by atoms with Crippen molar-refractivity contribution in [2.45, 2.75) is 117 Å². The van der Waals surface area contributed by atoms with Gasteiger partial charge in [0, 0.05) is 37.9 Å². The van der Waals surface area contributed by atoms with Crippen LogP contribution in [-0.2, 0) is 27.9 Å².